The smallest absolute Gasteiger partial charge is 0.184 e. The van der Waals surface area contributed by atoms with E-state index in [2.05, 4.69) is 22.6 Å². The standard InChI is InChI=1S/C5H5FN2S/c6-3-4-1-2-7-5(9)8-4/h1-2H,3H2,(H,7,8,9). The van der Waals surface area contributed by atoms with Crippen LogP contribution in [-0.4, -0.2) is 9.97 Å². The zero-order valence-electron chi connectivity index (χ0n) is 4.58. The van der Waals surface area contributed by atoms with Gasteiger partial charge in [-0.05, 0) is 6.07 Å². The lowest BCUT2D eigenvalue weighted by molar-refractivity contribution is 0.472. The van der Waals surface area contributed by atoms with Crippen LogP contribution >= 0.6 is 12.6 Å². The molecule has 9 heavy (non-hydrogen) atoms. The molecule has 0 aliphatic heterocycles. The topological polar surface area (TPSA) is 25.8 Å². The minimum atomic E-state index is -0.559. The first-order valence-corrected chi connectivity index (χ1v) is 2.84. The predicted molar refractivity (Wildman–Crippen MR) is 34.1 cm³/mol. The van der Waals surface area contributed by atoms with Crippen LogP contribution in [-0.2, 0) is 6.67 Å². The number of alkyl halides is 1. The van der Waals surface area contributed by atoms with Crippen LogP contribution in [0.4, 0.5) is 4.39 Å². The van der Waals surface area contributed by atoms with Crippen LogP contribution in [0.3, 0.4) is 0 Å². The molecule has 0 aromatic carbocycles. The van der Waals surface area contributed by atoms with Gasteiger partial charge in [0.25, 0.3) is 0 Å². The molecule has 1 rings (SSSR count). The number of aromatic nitrogens is 2. The molecule has 0 spiro atoms. The van der Waals surface area contributed by atoms with E-state index in [9.17, 15) is 4.39 Å². The Balaban J connectivity index is 2.94. The van der Waals surface area contributed by atoms with Gasteiger partial charge in [0, 0.05) is 6.20 Å². The van der Waals surface area contributed by atoms with Crippen molar-refractivity contribution < 1.29 is 4.39 Å². The van der Waals surface area contributed by atoms with Crippen molar-refractivity contribution in [1.29, 1.82) is 0 Å². The lowest BCUT2D eigenvalue weighted by atomic mass is 10.4. The maximum absolute atomic E-state index is 11.8. The van der Waals surface area contributed by atoms with E-state index in [1.807, 2.05) is 0 Å². The second-order valence-electron chi connectivity index (χ2n) is 1.48. The molecule has 0 aliphatic carbocycles. The van der Waals surface area contributed by atoms with Gasteiger partial charge in [0.1, 0.15) is 6.67 Å². The summed E-state index contributed by atoms with van der Waals surface area (Å²) < 4.78 is 11.8. The molecule has 1 aromatic rings. The van der Waals surface area contributed by atoms with Crippen molar-refractivity contribution in [2.45, 2.75) is 11.8 Å². The number of thiol groups is 1. The fraction of sp³-hybridized carbons (Fsp3) is 0.200. The lowest BCUT2D eigenvalue weighted by Gasteiger charge is -1.91. The number of hydrogen-bond donors (Lipinski definition) is 1. The summed E-state index contributed by atoms with van der Waals surface area (Å²) in [6.45, 7) is -0.559. The number of nitrogens with zero attached hydrogens (tertiary/aromatic N) is 2. The summed E-state index contributed by atoms with van der Waals surface area (Å²) in [5.41, 5.74) is 0.370. The molecule has 0 bridgehead atoms. The molecule has 0 radical (unpaired) electrons. The van der Waals surface area contributed by atoms with Gasteiger partial charge < -0.3 is 0 Å². The number of halogens is 1. The Morgan fingerprint density at radius 3 is 2.89 bits per heavy atom. The zero-order valence-corrected chi connectivity index (χ0v) is 5.48. The van der Waals surface area contributed by atoms with Crippen molar-refractivity contribution >= 4 is 12.6 Å². The van der Waals surface area contributed by atoms with Crippen LogP contribution in [0.15, 0.2) is 17.4 Å². The Morgan fingerprint density at radius 2 is 2.44 bits per heavy atom. The molecule has 4 heteroatoms. The summed E-state index contributed by atoms with van der Waals surface area (Å²) in [5, 5.41) is 0.310. The summed E-state index contributed by atoms with van der Waals surface area (Å²) >= 11 is 3.82. The molecule has 0 saturated carbocycles. The summed E-state index contributed by atoms with van der Waals surface area (Å²) in [6, 6.07) is 1.51. The molecule has 1 aromatic heterocycles. The SMILES string of the molecule is FCc1ccnc(S)n1. The molecule has 0 fully saturated rings. The van der Waals surface area contributed by atoms with E-state index in [1.54, 1.807) is 0 Å². The Bertz CT molecular complexity index is 204. The predicted octanol–water partition coefficient (Wildman–Crippen LogP) is 1.23. The summed E-state index contributed by atoms with van der Waals surface area (Å²) in [4.78, 5) is 7.34. The van der Waals surface area contributed by atoms with Gasteiger partial charge in [-0.25, -0.2) is 14.4 Å². The fourth-order valence-electron chi connectivity index (χ4n) is 0.459. The maximum atomic E-state index is 11.8. The van der Waals surface area contributed by atoms with E-state index in [0.29, 0.717) is 10.9 Å². The Morgan fingerprint density at radius 1 is 1.67 bits per heavy atom. The average Bonchev–Trinajstić information content (AvgIpc) is 1.88. The minimum Gasteiger partial charge on any atom is -0.244 e. The third-order valence-corrected chi connectivity index (χ3v) is 1.05. The summed E-state index contributed by atoms with van der Waals surface area (Å²) in [5.74, 6) is 0. The normalized spacial score (nSPS) is 9.56. The van der Waals surface area contributed by atoms with E-state index in [1.165, 1.54) is 12.3 Å². The van der Waals surface area contributed by atoms with E-state index >= 15 is 0 Å². The van der Waals surface area contributed by atoms with E-state index in [-0.39, 0.29) is 0 Å². The third-order valence-electron chi connectivity index (χ3n) is 0.837. The second kappa shape index (κ2) is 2.77. The lowest BCUT2D eigenvalue weighted by Crippen LogP contribution is -1.87. The van der Waals surface area contributed by atoms with Crippen LogP contribution in [0.1, 0.15) is 5.69 Å². The van der Waals surface area contributed by atoms with Crippen molar-refractivity contribution in [1.82, 2.24) is 9.97 Å². The maximum Gasteiger partial charge on any atom is 0.184 e. The number of rotatable bonds is 1. The van der Waals surface area contributed by atoms with Gasteiger partial charge in [0.2, 0.25) is 0 Å². The molecular weight excluding hydrogens is 139 g/mol. The zero-order chi connectivity index (χ0) is 6.69. The monoisotopic (exact) mass is 144 g/mol. The highest BCUT2D eigenvalue weighted by Gasteiger charge is 1.91. The van der Waals surface area contributed by atoms with Crippen molar-refractivity contribution in [3.8, 4) is 0 Å². The molecule has 0 unspecified atom stereocenters. The molecule has 0 atom stereocenters. The molecule has 0 amide bonds. The van der Waals surface area contributed by atoms with Crippen molar-refractivity contribution in [2.24, 2.45) is 0 Å². The van der Waals surface area contributed by atoms with Gasteiger partial charge in [-0.3, -0.25) is 0 Å². The molecule has 0 N–H and O–H groups in total. The van der Waals surface area contributed by atoms with Crippen molar-refractivity contribution in [3.05, 3.63) is 18.0 Å². The van der Waals surface area contributed by atoms with Crippen LogP contribution in [0.5, 0.6) is 0 Å². The van der Waals surface area contributed by atoms with E-state index in [0.717, 1.165) is 0 Å². The van der Waals surface area contributed by atoms with Gasteiger partial charge >= 0.3 is 0 Å². The second-order valence-corrected chi connectivity index (χ2v) is 1.88. The van der Waals surface area contributed by atoms with E-state index in [4.69, 9.17) is 0 Å². The van der Waals surface area contributed by atoms with Crippen molar-refractivity contribution in [2.75, 3.05) is 0 Å². The highest BCUT2D eigenvalue weighted by Crippen LogP contribution is 1.99. The van der Waals surface area contributed by atoms with Crippen molar-refractivity contribution in [3.63, 3.8) is 0 Å². The van der Waals surface area contributed by atoms with Crippen LogP contribution < -0.4 is 0 Å². The van der Waals surface area contributed by atoms with Crippen LogP contribution in [0.25, 0.3) is 0 Å². The van der Waals surface area contributed by atoms with Gasteiger partial charge in [0.15, 0.2) is 5.16 Å². The molecule has 0 saturated heterocycles. The highest BCUT2D eigenvalue weighted by atomic mass is 32.1. The average molecular weight is 144 g/mol. The van der Waals surface area contributed by atoms with Gasteiger partial charge in [-0.1, -0.05) is 0 Å². The minimum absolute atomic E-state index is 0.310. The Hall–Kier alpha value is -0.640. The molecule has 0 aliphatic rings. The Kier molecular flexibility index (Phi) is 2.00. The largest absolute Gasteiger partial charge is 0.244 e. The summed E-state index contributed by atoms with van der Waals surface area (Å²) in [6.07, 6.45) is 1.48. The number of hydrogen-bond acceptors (Lipinski definition) is 3. The van der Waals surface area contributed by atoms with Crippen LogP contribution in [0, 0.1) is 0 Å². The molecular formula is C5H5FN2S. The molecule has 2 nitrogen and oxygen atoms in total. The van der Waals surface area contributed by atoms with Crippen LogP contribution in [0.2, 0.25) is 0 Å². The molecule has 1 heterocycles. The third kappa shape index (κ3) is 1.64. The van der Waals surface area contributed by atoms with Gasteiger partial charge in [-0.15, -0.1) is 12.6 Å². The first-order chi connectivity index (χ1) is 4.33. The first-order valence-electron chi connectivity index (χ1n) is 2.40. The van der Waals surface area contributed by atoms with E-state index < -0.39 is 6.67 Å². The van der Waals surface area contributed by atoms with Gasteiger partial charge in [-0.2, -0.15) is 0 Å². The highest BCUT2D eigenvalue weighted by molar-refractivity contribution is 7.80. The van der Waals surface area contributed by atoms with Gasteiger partial charge in [0.05, 0.1) is 5.69 Å². The molecule has 48 valence electrons. The quantitative estimate of drug-likeness (QED) is 0.474. The fourth-order valence-corrected chi connectivity index (χ4v) is 0.654. The Labute approximate surface area is 57.6 Å². The summed E-state index contributed by atoms with van der Waals surface area (Å²) in [7, 11) is 0. The first kappa shape index (κ1) is 6.48.